The maximum absolute atomic E-state index is 13.3. The van der Waals surface area contributed by atoms with E-state index in [-0.39, 0.29) is 22.0 Å². The number of hydrogen-bond donors (Lipinski definition) is 1. The molecule has 1 aromatic heterocycles. The van der Waals surface area contributed by atoms with Gasteiger partial charge >= 0.3 is 5.91 Å². The first kappa shape index (κ1) is 26.8. The van der Waals surface area contributed by atoms with Gasteiger partial charge < -0.3 is 5.11 Å². The Morgan fingerprint density at radius 1 is 1.03 bits per heavy atom. The second-order valence-corrected chi connectivity index (χ2v) is 11.3. The predicted octanol–water partition coefficient (Wildman–Crippen LogP) is 6.67. The smallest absolute Gasteiger partial charge is 0.301 e. The van der Waals surface area contributed by atoms with Gasteiger partial charge in [-0.1, -0.05) is 64.5 Å². The fraction of sp³-hybridized carbons (Fsp3) is 0.0769. The van der Waals surface area contributed by atoms with E-state index in [9.17, 15) is 24.8 Å². The fourth-order valence-electron chi connectivity index (χ4n) is 4.00. The molecule has 1 fully saturated rings. The number of non-ortho nitro benzene ring substituents is 1. The molecule has 0 radical (unpaired) electrons. The second kappa shape index (κ2) is 11.1. The van der Waals surface area contributed by atoms with Crippen molar-refractivity contribution in [2.24, 2.45) is 0 Å². The third-order valence-corrected chi connectivity index (χ3v) is 8.62. The first-order chi connectivity index (χ1) is 18.7. The number of ketones is 1. The molecule has 9 nitrogen and oxygen atoms in total. The fourth-order valence-corrected chi connectivity index (χ4v) is 6.28. The minimum atomic E-state index is -1.10. The van der Waals surface area contributed by atoms with Crippen LogP contribution in [0.15, 0.2) is 82.7 Å². The van der Waals surface area contributed by atoms with Crippen LogP contribution in [0.2, 0.25) is 10.0 Å². The Labute approximate surface area is 239 Å². The van der Waals surface area contributed by atoms with Crippen LogP contribution in [0.25, 0.3) is 5.76 Å². The highest BCUT2D eigenvalue weighted by Crippen LogP contribution is 2.44. The molecular weight excluding hydrogens is 583 g/mol. The van der Waals surface area contributed by atoms with Gasteiger partial charge in [0.05, 0.1) is 16.5 Å². The van der Waals surface area contributed by atoms with Crippen molar-refractivity contribution in [2.45, 2.75) is 16.1 Å². The molecule has 196 valence electrons. The van der Waals surface area contributed by atoms with Crippen LogP contribution in [0.5, 0.6) is 0 Å². The second-order valence-electron chi connectivity index (χ2n) is 8.26. The minimum Gasteiger partial charge on any atom is -0.507 e. The molecule has 0 aliphatic carbocycles. The van der Waals surface area contributed by atoms with Crippen molar-refractivity contribution in [1.82, 2.24) is 10.2 Å². The van der Waals surface area contributed by atoms with Crippen molar-refractivity contribution in [1.29, 1.82) is 0 Å². The number of carbonyl (C=O) groups is 2. The lowest BCUT2D eigenvalue weighted by molar-refractivity contribution is -0.384. The number of aromatic nitrogens is 2. The number of thioether (sulfide) groups is 1. The van der Waals surface area contributed by atoms with Gasteiger partial charge in [0, 0.05) is 33.5 Å². The zero-order chi connectivity index (χ0) is 27.7. The molecule has 1 aliphatic rings. The van der Waals surface area contributed by atoms with Gasteiger partial charge in [-0.2, -0.15) is 0 Å². The summed E-state index contributed by atoms with van der Waals surface area (Å²) in [6.45, 7) is 0. The molecule has 1 amide bonds. The molecular formula is C26H16Cl2N4O5S2. The van der Waals surface area contributed by atoms with E-state index in [0.29, 0.717) is 25.7 Å². The van der Waals surface area contributed by atoms with Crippen LogP contribution in [0.3, 0.4) is 0 Å². The molecule has 5 rings (SSSR count). The van der Waals surface area contributed by atoms with E-state index in [2.05, 4.69) is 10.2 Å². The standard InChI is InChI=1S/C26H16Cl2N4O5S2/c27-17-9-5-15(6-10-17)22(33)20-21(14-7-11-18(12-8-14)32(36)37)31(24(35)23(20)34)25-29-30-26(39-25)38-13-16-3-1-2-4-19(16)28/h1-12,21,33H,13H2/b22-20-. The Hall–Kier alpha value is -3.77. The Kier molecular flexibility index (Phi) is 7.67. The predicted molar refractivity (Wildman–Crippen MR) is 150 cm³/mol. The van der Waals surface area contributed by atoms with E-state index < -0.39 is 28.4 Å². The van der Waals surface area contributed by atoms with Gasteiger partial charge in [-0.05, 0) is 53.6 Å². The molecule has 3 aromatic carbocycles. The number of Topliss-reactive ketones (excluding diaryl/α,β-unsaturated/α-hetero) is 1. The molecule has 39 heavy (non-hydrogen) atoms. The van der Waals surface area contributed by atoms with Gasteiger partial charge in [-0.25, -0.2) is 0 Å². The highest BCUT2D eigenvalue weighted by molar-refractivity contribution is 8.00. The Morgan fingerprint density at radius 3 is 2.38 bits per heavy atom. The van der Waals surface area contributed by atoms with Crippen LogP contribution in [-0.2, 0) is 15.3 Å². The van der Waals surface area contributed by atoms with Gasteiger partial charge in [0.2, 0.25) is 5.13 Å². The minimum absolute atomic E-state index is 0.136. The molecule has 13 heteroatoms. The third-order valence-electron chi connectivity index (χ3n) is 5.89. The highest BCUT2D eigenvalue weighted by atomic mass is 35.5. The van der Waals surface area contributed by atoms with Gasteiger partial charge in [-0.3, -0.25) is 24.6 Å². The van der Waals surface area contributed by atoms with Gasteiger partial charge in [0.25, 0.3) is 11.5 Å². The molecule has 1 atom stereocenters. The Bertz CT molecular complexity index is 1620. The summed E-state index contributed by atoms with van der Waals surface area (Å²) in [5.74, 6) is -1.73. The number of carbonyl (C=O) groups excluding carboxylic acids is 2. The topological polar surface area (TPSA) is 127 Å². The number of aliphatic hydroxyl groups excluding tert-OH is 1. The van der Waals surface area contributed by atoms with Crippen molar-refractivity contribution >= 4 is 74.6 Å². The van der Waals surface area contributed by atoms with E-state index in [1.165, 1.54) is 48.2 Å². The van der Waals surface area contributed by atoms with Gasteiger partial charge in [0.15, 0.2) is 4.34 Å². The average Bonchev–Trinajstić information content (AvgIpc) is 3.50. The number of amides is 1. The first-order valence-electron chi connectivity index (χ1n) is 11.3. The van der Waals surface area contributed by atoms with E-state index in [0.717, 1.165) is 21.8 Å². The van der Waals surface area contributed by atoms with Crippen LogP contribution in [0.1, 0.15) is 22.7 Å². The summed E-state index contributed by atoms with van der Waals surface area (Å²) in [6.07, 6.45) is 0. The van der Waals surface area contributed by atoms with Crippen molar-refractivity contribution in [3.63, 3.8) is 0 Å². The summed E-state index contributed by atoms with van der Waals surface area (Å²) < 4.78 is 0.534. The lowest BCUT2D eigenvalue weighted by atomic mass is 9.95. The van der Waals surface area contributed by atoms with Crippen molar-refractivity contribution < 1.29 is 19.6 Å². The molecule has 2 heterocycles. The third kappa shape index (κ3) is 5.39. The summed E-state index contributed by atoms with van der Waals surface area (Å²) in [5, 5.41) is 31.9. The first-order valence-corrected chi connectivity index (χ1v) is 13.8. The number of rotatable bonds is 7. The lowest BCUT2D eigenvalue weighted by Gasteiger charge is -2.22. The van der Waals surface area contributed by atoms with Crippen molar-refractivity contribution in [3.05, 3.63) is 115 Å². The summed E-state index contributed by atoms with van der Waals surface area (Å²) >= 11 is 14.7. The van der Waals surface area contributed by atoms with Crippen LogP contribution in [0, 0.1) is 10.1 Å². The number of benzene rings is 3. The Balaban J connectivity index is 1.55. The van der Waals surface area contributed by atoms with Crippen LogP contribution in [0.4, 0.5) is 10.8 Å². The normalized spacial score (nSPS) is 16.6. The van der Waals surface area contributed by atoms with Crippen molar-refractivity contribution in [2.75, 3.05) is 4.90 Å². The monoisotopic (exact) mass is 598 g/mol. The van der Waals surface area contributed by atoms with E-state index >= 15 is 0 Å². The number of hydrogen-bond acceptors (Lipinski definition) is 9. The van der Waals surface area contributed by atoms with E-state index in [1.54, 1.807) is 18.2 Å². The maximum Gasteiger partial charge on any atom is 0.301 e. The number of aliphatic hydroxyl groups is 1. The molecule has 0 bridgehead atoms. The molecule has 1 unspecified atom stereocenters. The van der Waals surface area contributed by atoms with Crippen molar-refractivity contribution in [3.8, 4) is 0 Å². The van der Waals surface area contributed by atoms with Crippen LogP contribution < -0.4 is 4.90 Å². The quantitative estimate of drug-likeness (QED) is 0.0475. The number of halogens is 2. The number of nitrogens with zero attached hydrogens (tertiary/aromatic N) is 4. The largest absolute Gasteiger partial charge is 0.507 e. The zero-order valence-corrected chi connectivity index (χ0v) is 22.8. The van der Waals surface area contributed by atoms with E-state index in [4.69, 9.17) is 23.2 Å². The van der Waals surface area contributed by atoms with E-state index in [1.807, 2.05) is 18.2 Å². The summed E-state index contributed by atoms with van der Waals surface area (Å²) in [6, 6.07) is 17.8. The molecule has 1 saturated heterocycles. The molecule has 1 N–H and O–H groups in total. The summed E-state index contributed by atoms with van der Waals surface area (Å²) in [7, 11) is 0. The lowest BCUT2D eigenvalue weighted by Crippen LogP contribution is -2.29. The molecule has 1 aliphatic heterocycles. The highest BCUT2D eigenvalue weighted by Gasteiger charge is 2.48. The van der Waals surface area contributed by atoms with Crippen LogP contribution in [-0.4, -0.2) is 31.9 Å². The molecule has 0 saturated carbocycles. The molecule has 4 aromatic rings. The van der Waals surface area contributed by atoms with Crippen LogP contribution >= 0.6 is 46.3 Å². The number of anilines is 1. The SMILES string of the molecule is O=C1C(=O)N(c2nnc(SCc3ccccc3Cl)s2)C(c2ccc([N+](=O)[O-])cc2)/C1=C(/O)c1ccc(Cl)cc1. The maximum atomic E-state index is 13.3. The summed E-state index contributed by atoms with van der Waals surface area (Å²) in [5.41, 5.74) is 1.20. The van der Waals surface area contributed by atoms with Gasteiger partial charge in [0.1, 0.15) is 5.76 Å². The van der Waals surface area contributed by atoms with Gasteiger partial charge in [-0.15, -0.1) is 10.2 Å². The number of nitro groups is 1. The average molecular weight is 599 g/mol. The number of nitro benzene ring substituents is 1. The Morgan fingerprint density at radius 2 is 1.72 bits per heavy atom. The summed E-state index contributed by atoms with van der Waals surface area (Å²) in [4.78, 5) is 38.4. The molecule has 0 spiro atoms. The zero-order valence-electron chi connectivity index (χ0n) is 19.7.